The maximum atomic E-state index is 13.3. The van der Waals surface area contributed by atoms with Gasteiger partial charge in [-0.1, -0.05) is 42.7 Å². The molecular formula is C25H32N6O3. The number of methoxy groups -OCH3 is 1. The van der Waals surface area contributed by atoms with Crippen LogP contribution in [0.5, 0.6) is 0 Å². The number of ether oxygens (including phenoxy) is 1. The molecule has 2 fully saturated rings. The second-order valence-electron chi connectivity index (χ2n) is 9.37. The average Bonchev–Trinajstić information content (AvgIpc) is 3.62. The van der Waals surface area contributed by atoms with Crippen molar-refractivity contribution in [1.82, 2.24) is 30.2 Å². The van der Waals surface area contributed by atoms with E-state index in [4.69, 9.17) is 4.74 Å². The lowest BCUT2D eigenvalue weighted by Crippen LogP contribution is -2.48. The van der Waals surface area contributed by atoms with Crippen molar-refractivity contribution >= 4 is 22.8 Å². The van der Waals surface area contributed by atoms with E-state index in [1.807, 2.05) is 18.3 Å². The van der Waals surface area contributed by atoms with Crippen LogP contribution in [0.25, 0.3) is 10.9 Å². The molecule has 1 aliphatic carbocycles. The molecule has 2 aromatic heterocycles. The lowest BCUT2D eigenvalue weighted by Gasteiger charge is -2.34. The Morgan fingerprint density at radius 3 is 2.82 bits per heavy atom. The minimum atomic E-state index is -0.500. The largest absolute Gasteiger partial charge is 0.464 e. The first-order valence-corrected chi connectivity index (χ1v) is 12.2. The highest BCUT2D eigenvalue weighted by Crippen LogP contribution is 2.34. The zero-order valence-electron chi connectivity index (χ0n) is 19.6. The highest BCUT2D eigenvalue weighted by molar-refractivity contribution is 5.86. The van der Waals surface area contributed by atoms with Gasteiger partial charge in [0.15, 0.2) is 5.69 Å². The first kappa shape index (κ1) is 22.6. The van der Waals surface area contributed by atoms with Gasteiger partial charge in [-0.15, -0.1) is 5.10 Å². The molecule has 0 spiro atoms. The molecule has 2 atom stereocenters. The third-order valence-electron chi connectivity index (χ3n) is 7.31. The second-order valence-corrected chi connectivity index (χ2v) is 9.37. The van der Waals surface area contributed by atoms with Crippen molar-refractivity contribution in [3.63, 3.8) is 0 Å². The van der Waals surface area contributed by atoms with Crippen molar-refractivity contribution < 1.29 is 14.3 Å². The van der Waals surface area contributed by atoms with Crippen molar-refractivity contribution in [2.24, 2.45) is 0 Å². The maximum absolute atomic E-state index is 13.3. The van der Waals surface area contributed by atoms with Gasteiger partial charge in [0.2, 0.25) is 5.91 Å². The molecule has 0 unspecified atom stereocenters. The highest BCUT2D eigenvalue weighted by atomic mass is 16.5. The summed E-state index contributed by atoms with van der Waals surface area (Å²) < 4.78 is 6.48. The van der Waals surface area contributed by atoms with E-state index in [0.717, 1.165) is 31.3 Å². The average molecular weight is 465 g/mol. The number of carbonyl (C=O) groups is 2. The summed E-state index contributed by atoms with van der Waals surface area (Å²) in [4.78, 5) is 30.8. The van der Waals surface area contributed by atoms with Crippen LogP contribution in [0.2, 0.25) is 0 Å². The molecule has 3 heterocycles. The van der Waals surface area contributed by atoms with Crippen LogP contribution in [-0.2, 0) is 16.0 Å². The summed E-state index contributed by atoms with van der Waals surface area (Å²) in [5.41, 5.74) is 2.52. The molecule has 0 bridgehead atoms. The Morgan fingerprint density at radius 1 is 1.18 bits per heavy atom. The number of nitrogens with zero attached hydrogens (tertiary/aromatic N) is 4. The molecule has 1 aromatic carbocycles. The monoisotopic (exact) mass is 464 g/mol. The number of hydrogen-bond acceptors (Lipinski definition) is 6. The fourth-order valence-electron chi connectivity index (χ4n) is 5.53. The molecule has 1 amide bonds. The van der Waals surface area contributed by atoms with E-state index in [1.165, 1.54) is 37.3 Å². The fraction of sp³-hybridized carbons (Fsp3) is 0.520. The third-order valence-corrected chi connectivity index (χ3v) is 7.31. The molecule has 2 aliphatic rings. The fourth-order valence-corrected chi connectivity index (χ4v) is 5.53. The summed E-state index contributed by atoms with van der Waals surface area (Å²) in [7, 11) is 1.33. The predicted molar refractivity (Wildman–Crippen MR) is 127 cm³/mol. The van der Waals surface area contributed by atoms with Gasteiger partial charge in [-0.25, -0.2) is 9.48 Å². The predicted octanol–water partition coefficient (Wildman–Crippen LogP) is 2.85. The van der Waals surface area contributed by atoms with Crippen LogP contribution in [0.15, 0.2) is 36.7 Å². The van der Waals surface area contributed by atoms with Gasteiger partial charge in [-0.3, -0.25) is 9.69 Å². The molecule has 9 heteroatoms. The lowest BCUT2D eigenvalue weighted by molar-refractivity contribution is -0.126. The summed E-state index contributed by atoms with van der Waals surface area (Å²) in [6, 6.07) is 8.42. The van der Waals surface area contributed by atoms with Gasteiger partial charge in [-0.05, 0) is 37.3 Å². The number of aromatic nitrogens is 4. The van der Waals surface area contributed by atoms with Crippen LogP contribution in [0, 0.1) is 0 Å². The third kappa shape index (κ3) is 4.57. The number of likely N-dealkylation sites (tertiary alicyclic amines) is 1. The summed E-state index contributed by atoms with van der Waals surface area (Å²) in [6.07, 6.45) is 11.0. The zero-order valence-corrected chi connectivity index (χ0v) is 19.6. The Morgan fingerprint density at radius 2 is 2.00 bits per heavy atom. The Balaban J connectivity index is 1.26. The number of rotatable bonds is 7. The van der Waals surface area contributed by atoms with E-state index in [-0.39, 0.29) is 23.7 Å². The standard InChI is InChI=1S/C25H32N6O3/c1-34-25(33)22-16-31(29-28-22)19-13-23(30(15-19)18-7-3-2-4-8-18)24(32)26-12-11-17-14-27-21-10-6-5-9-20(17)21/h5-6,9-10,14,16,18-19,23,27H,2-4,7-8,11-13,15H2,1H3,(H,26,32)/t19-,23+/m1/s1. The number of fused-ring (bicyclic) bond motifs is 1. The van der Waals surface area contributed by atoms with Gasteiger partial charge in [0.25, 0.3) is 0 Å². The molecule has 3 aromatic rings. The summed E-state index contributed by atoms with van der Waals surface area (Å²) in [5.74, 6) is -0.429. The van der Waals surface area contributed by atoms with Gasteiger partial charge in [0, 0.05) is 36.2 Å². The normalized spacial score (nSPS) is 21.7. The molecule has 0 radical (unpaired) electrons. The van der Waals surface area contributed by atoms with Gasteiger partial charge in [-0.2, -0.15) is 0 Å². The van der Waals surface area contributed by atoms with Gasteiger partial charge >= 0.3 is 5.97 Å². The first-order valence-electron chi connectivity index (χ1n) is 12.2. The number of aromatic amines is 1. The summed E-state index contributed by atoms with van der Waals surface area (Å²) >= 11 is 0. The Bertz CT molecular complexity index is 1150. The van der Waals surface area contributed by atoms with Crippen LogP contribution in [0.4, 0.5) is 0 Å². The van der Waals surface area contributed by atoms with Gasteiger partial charge in [0.1, 0.15) is 0 Å². The quantitative estimate of drug-likeness (QED) is 0.521. The van der Waals surface area contributed by atoms with E-state index in [2.05, 4.69) is 37.6 Å². The molecule has 1 aliphatic heterocycles. The van der Waals surface area contributed by atoms with E-state index in [1.54, 1.807) is 10.9 Å². The lowest BCUT2D eigenvalue weighted by atomic mass is 9.93. The van der Waals surface area contributed by atoms with Crippen LogP contribution in [0.3, 0.4) is 0 Å². The number of carbonyl (C=O) groups excluding carboxylic acids is 2. The zero-order chi connectivity index (χ0) is 23.5. The number of esters is 1. The highest BCUT2D eigenvalue weighted by Gasteiger charge is 2.41. The van der Waals surface area contributed by atoms with Crippen molar-refractivity contribution in [3.8, 4) is 0 Å². The molecule has 180 valence electrons. The Labute approximate surface area is 198 Å². The van der Waals surface area contributed by atoms with Crippen LogP contribution in [0.1, 0.15) is 60.6 Å². The minimum absolute atomic E-state index is 0.00259. The minimum Gasteiger partial charge on any atom is -0.464 e. The topological polar surface area (TPSA) is 105 Å². The number of amides is 1. The van der Waals surface area contributed by atoms with E-state index in [0.29, 0.717) is 19.0 Å². The van der Waals surface area contributed by atoms with Gasteiger partial charge in [0.05, 0.1) is 25.4 Å². The van der Waals surface area contributed by atoms with Crippen molar-refractivity contribution in [2.75, 3.05) is 20.2 Å². The number of benzene rings is 1. The molecule has 1 saturated heterocycles. The molecule has 9 nitrogen and oxygen atoms in total. The van der Waals surface area contributed by atoms with Crippen molar-refractivity contribution in [3.05, 3.63) is 47.9 Å². The molecule has 34 heavy (non-hydrogen) atoms. The van der Waals surface area contributed by atoms with Crippen LogP contribution in [-0.4, -0.2) is 69.0 Å². The molecular weight excluding hydrogens is 432 g/mol. The number of para-hydroxylation sites is 1. The second kappa shape index (κ2) is 9.97. The van der Waals surface area contributed by atoms with Crippen molar-refractivity contribution in [2.45, 2.75) is 63.1 Å². The smallest absolute Gasteiger partial charge is 0.360 e. The van der Waals surface area contributed by atoms with Crippen LogP contribution >= 0.6 is 0 Å². The Hall–Kier alpha value is -3.20. The van der Waals surface area contributed by atoms with Crippen LogP contribution < -0.4 is 5.32 Å². The van der Waals surface area contributed by atoms with Crippen molar-refractivity contribution in [1.29, 1.82) is 0 Å². The first-order chi connectivity index (χ1) is 16.6. The number of H-pyrrole nitrogens is 1. The number of nitrogens with one attached hydrogen (secondary N) is 2. The molecule has 1 saturated carbocycles. The van der Waals surface area contributed by atoms with Gasteiger partial charge < -0.3 is 15.0 Å². The molecule has 5 rings (SSSR count). The van der Waals surface area contributed by atoms with E-state index >= 15 is 0 Å². The SMILES string of the molecule is COC(=O)c1cn([C@@H]2C[C@@H](C(=O)NCCc3c[nH]c4ccccc34)N(C3CCCCC3)C2)nn1. The van der Waals surface area contributed by atoms with E-state index in [9.17, 15) is 9.59 Å². The summed E-state index contributed by atoms with van der Waals surface area (Å²) in [5, 5.41) is 12.5. The van der Waals surface area contributed by atoms with E-state index < -0.39 is 5.97 Å². The molecule has 2 N–H and O–H groups in total. The Kier molecular flexibility index (Phi) is 6.62. The number of hydrogen-bond donors (Lipinski definition) is 2. The summed E-state index contributed by atoms with van der Waals surface area (Å²) in [6.45, 7) is 1.32. The maximum Gasteiger partial charge on any atom is 0.360 e.